The Hall–Kier alpha value is -3.45. The quantitative estimate of drug-likeness (QED) is 0.483. The molecule has 0 spiro atoms. The van der Waals surface area contributed by atoms with Gasteiger partial charge in [-0.1, -0.05) is 29.5 Å². The number of hydrogen-bond donors (Lipinski definition) is 1. The van der Waals surface area contributed by atoms with E-state index in [4.69, 9.17) is 9.47 Å². The van der Waals surface area contributed by atoms with Crippen LogP contribution in [0.2, 0.25) is 0 Å². The van der Waals surface area contributed by atoms with Crippen molar-refractivity contribution in [3.05, 3.63) is 65.9 Å². The number of thiazole rings is 1. The van der Waals surface area contributed by atoms with E-state index < -0.39 is 0 Å². The van der Waals surface area contributed by atoms with Crippen molar-refractivity contribution in [1.29, 1.82) is 0 Å². The lowest BCUT2D eigenvalue weighted by Crippen LogP contribution is -2.15. The molecule has 4 rings (SSSR count). The third-order valence-corrected chi connectivity index (χ3v) is 5.77. The van der Waals surface area contributed by atoms with Crippen LogP contribution in [0.15, 0.2) is 54.7 Å². The van der Waals surface area contributed by atoms with Crippen LogP contribution in [0.25, 0.3) is 20.9 Å². The van der Waals surface area contributed by atoms with Gasteiger partial charge in [-0.3, -0.25) is 4.79 Å². The number of aromatic nitrogens is 2. The first-order valence-electron chi connectivity index (χ1n) is 9.40. The topological polar surface area (TPSA) is 73.3 Å². The summed E-state index contributed by atoms with van der Waals surface area (Å²) in [4.78, 5) is 22.6. The molecule has 0 fully saturated rings. The Labute approximate surface area is 178 Å². The molecule has 1 N–H and O–H groups in total. The van der Waals surface area contributed by atoms with Crippen LogP contribution < -0.4 is 14.8 Å². The number of amides is 1. The molecule has 0 aliphatic heterocycles. The Morgan fingerprint density at radius 3 is 2.67 bits per heavy atom. The van der Waals surface area contributed by atoms with E-state index in [1.165, 1.54) is 11.3 Å². The van der Waals surface area contributed by atoms with Crippen LogP contribution in [0.4, 0.5) is 5.69 Å². The molecule has 2 aromatic heterocycles. The molecule has 0 saturated carbocycles. The van der Waals surface area contributed by atoms with Gasteiger partial charge in [-0.2, -0.15) is 0 Å². The lowest BCUT2D eigenvalue weighted by atomic mass is 10.1. The van der Waals surface area contributed by atoms with Crippen LogP contribution in [-0.2, 0) is 11.2 Å². The molecule has 30 heavy (non-hydrogen) atoms. The van der Waals surface area contributed by atoms with Crippen molar-refractivity contribution in [2.45, 2.75) is 13.3 Å². The smallest absolute Gasteiger partial charge is 0.228 e. The summed E-state index contributed by atoms with van der Waals surface area (Å²) in [6, 6.07) is 15.3. The van der Waals surface area contributed by atoms with E-state index >= 15 is 0 Å². The molecular formula is C23H21N3O3S. The number of aryl methyl sites for hydroxylation is 1. The second-order valence-electron chi connectivity index (χ2n) is 6.79. The molecule has 0 saturated heterocycles. The number of hydrogen-bond acceptors (Lipinski definition) is 6. The average molecular weight is 420 g/mol. The zero-order valence-corrected chi connectivity index (χ0v) is 17.7. The van der Waals surface area contributed by atoms with Crippen molar-refractivity contribution in [3.63, 3.8) is 0 Å². The normalized spacial score (nSPS) is 10.8. The molecule has 0 bridgehead atoms. The van der Waals surface area contributed by atoms with Crippen LogP contribution in [0, 0.1) is 6.92 Å². The van der Waals surface area contributed by atoms with Gasteiger partial charge in [0.05, 0.1) is 20.6 Å². The number of carbonyl (C=O) groups is 1. The lowest BCUT2D eigenvalue weighted by molar-refractivity contribution is -0.115. The largest absolute Gasteiger partial charge is 0.493 e. The minimum atomic E-state index is -0.103. The van der Waals surface area contributed by atoms with Gasteiger partial charge in [-0.15, -0.1) is 0 Å². The summed E-state index contributed by atoms with van der Waals surface area (Å²) in [6.45, 7) is 1.97. The van der Waals surface area contributed by atoms with Crippen LogP contribution in [0.5, 0.6) is 11.5 Å². The Kier molecular flexibility index (Phi) is 5.63. The van der Waals surface area contributed by atoms with E-state index in [1.807, 2.05) is 49.4 Å². The van der Waals surface area contributed by atoms with Gasteiger partial charge in [0.25, 0.3) is 0 Å². The first kappa shape index (κ1) is 19.8. The Morgan fingerprint density at radius 2 is 1.90 bits per heavy atom. The number of ether oxygens (including phenoxy) is 2. The summed E-state index contributed by atoms with van der Waals surface area (Å²) in [5.74, 6) is 1.13. The number of carbonyl (C=O) groups excluding carboxylic acids is 1. The molecule has 0 radical (unpaired) electrons. The number of benzene rings is 2. The van der Waals surface area contributed by atoms with E-state index in [0.717, 1.165) is 37.7 Å². The fraction of sp³-hybridized carbons (Fsp3) is 0.174. The Balaban J connectivity index is 1.54. The molecule has 2 aromatic carbocycles. The number of nitrogens with one attached hydrogen (secondary N) is 1. The van der Waals surface area contributed by atoms with E-state index in [9.17, 15) is 4.79 Å². The third kappa shape index (κ3) is 4.11. The van der Waals surface area contributed by atoms with Gasteiger partial charge in [0.15, 0.2) is 11.5 Å². The SMILES string of the molecule is COc1ccc(CC(=O)Nc2cc(-c3nc4cccnc4s3)ccc2C)cc1OC. The van der Waals surface area contributed by atoms with E-state index in [2.05, 4.69) is 15.3 Å². The van der Waals surface area contributed by atoms with Gasteiger partial charge in [-0.25, -0.2) is 9.97 Å². The molecule has 152 valence electrons. The van der Waals surface area contributed by atoms with Crippen LogP contribution in [0.3, 0.4) is 0 Å². The van der Waals surface area contributed by atoms with E-state index in [1.54, 1.807) is 26.5 Å². The highest BCUT2D eigenvalue weighted by Crippen LogP contribution is 2.32. The maximum Gasteiger partial charge on any atom is 0.228 e. The number of anilines is 1. The van der Waals surface area contributed by atoms with Crippen molar-refractivity contribution in [1.82, 2.24) is 9.97 Å². The molecule has 6 nitrogen and oxygen atoms in total. The molecule has 0 atom stereocenters. The Bertz CT molecular complexity index is 1190. The molecular weight excluding hydrogens is 398 g/mol. The van der Waals surface area contributed by atoms with Crippen LogP contribution in [0.1, 0.15) is 11.1 Å². The minimum Gasteiger partial charge on any atom is -0.493 e. The van der Waals surface area contributed by atoms with Crippen LogP contribution >= 0.6 is 11.3 Å². The first-order valence-corrected chi connectivity index (χ1v) is 10.2. The summed E-state index contributed by atoms with van der Waals surface area (Å²) in [5, 5.41) is 3.89. The average Bonchev–Trinajstić information content (AvgIpc) is 3.19. The highest BCUT2D eigenvalue weighted by molar-refractivity contribution is 7.21. The molecule has 0 aliphatic carbocycles. The number of pyridine rings is 1. The van der Waals surface area contributed by atoms with Crippen molar-refractivity contribution < 1.29 is 14.3 Å². The molecule has 7 heteroatoms. The minimum absolute atomic E-state index is 0.103. The highest BCUT2D eigenvalue weighted by Gasteiger charge is 2.12. The second-order valence-corrected chi connectivity index (χ2v) is 7.77. The van der Waals surface area contributed by atoms with Gasteiger partial charge < -0.3 is 14.8 Å². The standard InChI is InChI=1S/C23H21N3O3S/c1-14-6-8-16(22-26-17-5-4-10-24-23(17)30-22)13-18(14)25-21(27)12-15-7-9-19(28-2)20(11-15)29-3/h4-11,13H,12H2,1-3H3,(H,25,27). The fourth-order valence-corrected chi connectivity index (χ4v) is 4.06. The van der Waals surface area contributed by atoms with Crippen LogP contribution in [-0.4, -0.2) is 30.1 Å². The van der Waals surface area contributed by atoms with Crippen molar-refractivity contribution in [3.8, 4) is 22.1 Å². The molecule has 0 aliphatic rings. The Morgan fingerprint density at radius 1 is 1.07 bits per heavy atom. The number of nitrogens with zero attached hydrogens (tertiary/aromatic N) is 2. The second kappa shape index (κ2) is 8.51. The lowest BCUT2D eigenvalue weighted by Gasteiger charge is -2.12. The summed E-state index contributed by atoms with van der Waals surface area (Å²) in [5.41, 5.74) is 4.42. The summed E-state index contributed by atoms with van der Waals surface area (Å²) in [6.07, 6.45) is 1.99. The van der Waals surface area contributed by atoms with E-state index in [0.29, 0.717) is 11.5 Å². The van der Waals surface area contributed by atoms with Gasteiger partial charge in [0, 0.05) is 17.4 Å². The molecule has 2 heterocycles. The summed E-state index contributed by atoms with van der Waals surface area (Å²) >= 11 is 1.53. The predicted octanol–water partition coefficient (Wildman–Crippen LogP) is 4.87. The first-order chi connectivity index (χ1) is 14.6. The van der Waals surface area contributed by atoms with E-state index in [-0.39, 0.29) is 12.3 Å². The summed E-state index contributed by atoms with van der Waals surface area (Å²) < 4.78 is 10.6. The van der Waals surface area contributed by atoms with Gasteiger partial charge >= 0.3 is 0 Å². The molecule has 1 amide bonds. The van der Waals surface area contributed by atoms with Crippen molar-refractivity contribution in [2.75, 3.05) is 19.5 Å². The zero-order valence-electron chi connectivity index (χ0n) is 16.9. The maximum atomic E-state index is 12.7. The van der Waals surface area contributed by atoms with Gasteiger partial charge in [0.2, 0.25) is 5.91 Å². The molecule has 4 aromatic rings. The van der Waals surface area contributed by atoms with Crippen molar-refractivity contribution in [2.24, 2.45) is 0 Å². The monoisotopic (exact) mass is 419 g/mol. The zero-order chi connectivity index (χ0) is 21.1. The molecule has 0 unspecified atom stereocenters. The third-order valence-electron chi connectivity index (χ3n) is 4.74. The van der Waals surface area contributed by atoms with Gasteiger partial charge in [-0.05, 0) is 48.4 Å². The van der Waals surface area contributed by atoms with Gasteiger partial charge in [0.1, 0.15) is 15.4 Å². The number of rotatable bonds is 6. The van der Waals surface area contributed by atoms with Crippen molar-refractivity contribution >= 4 is 33.3 Å². The predicted molar refractivity (Wildman–Crippen MR) is 119 cm³/mol. The fourth-order valence-electron chi connectivity index (χ4n) is 3.15. The number of fused-ring (bicyclic) bond motifs is 1. The number of methoxy groups -OCH3 is 2. The summed E-state index contributed by atoms with van der Waals surface area (Å²) in [7, 11) is 3.16. The highest BCUT2D eigenvalue weighted by atomic mass is 32.1. The maximum absolute atomic E-state index is 12.7.